The van der Waals surface area contributed by atoms with Crippen molar-refractivity contribution in [2.45, 2.75) is 26.4 Å². The van der Waals surface area contributed by atoms with Crippen LogP contribution in [0.1, 0.15) is 32.9 Å². The second-order valence-corrected chi connectivity index (χ2v) is 8.04. The Morgan fingerprint density at radius 1 is 1.03 bits per heavy atom. The molecule has 0 radical (unpaired) electrons. The minimum absolute atomic E-state index is 0.00324. The molecule has 1 N–H and O–H groups in total. The van der Waals surface area contributed by atoms with Crippen LogP contribution in [0.4, 0.5) is 11.5 Å². The molecule has 0 atom stereocenters. The van der Waals surface area contributed by atoms with E-state index in [9.17, 15) is 4.79 Å². The summed E-state index contributed by atoms with van der Waals surface area (Å²) in [5.74, 6) is 1.75. The number of rotatable bonds is 6. The lowest BCUT2D eigenvalue weighted by Gasteiger charge is -2.17. The summed E-state index contributed by atoms with van der Waals surface area (Å²) in [5.41, 5.74) is 5.23. The molecule has 0 unspecified atom stereocenters. The third-order valence-corrected chi connectivity index (χ3v) is 5.88. The van der Waals surface area contributed by atoms with Crippen LogP contribution >= 0.6 is 0 Å². The van der Waals surface area contributed by atoms with Crippen molar-refractivity contribution in [2.75, 3.05) is 16.8 Å². The maximum atomic E-state index is 13.0. The zero-order valence-electron chi connectivity index (χ0n) is 18.0. The Labute approximate surface area is 187 Å². The molecule has 2 aromatic carbocycles. The van der Waals surface area contributed by atoms with Crippen LogP contribution in [-0.4, -0.2) is 27.0 Å². The first-order valence-electron chi connectivity index (χ1n) is 10.8. The topological polar surface area (TPSA) is 63.1 Å². The lowest BCUT2D eigenvalue weighted by Crippen LogP contribution is -2.28. The molecule has 5 rings (SSSR count). The number of imidazole rings is 1. The molecule has 6 nitrogen and oxygen atoms in total. The summed E-state index contributed by atoms with van der Waals surface area (Å²) >= 11 is 0. The zero-order chi connectivity index (χ0) is 21.9. The van der Waals surface area contributed by atoms with Gasteiger partial charge in [0.1, 0.15) is 11.6 Å². The number of hydrogen-bond donors (Lipinski definition) is 1. The summed E-state index contributed by atoms with van der Waals surface area (Å²) in [6.45, 7) is 4.19. The number of nitrogens with zero attached hydrogens (tertiary/aromatic N) is 4. The van der Waals surface area contributed by atoms with Gasteiger partial charge in [-0.2, -0.15) is 0 Å². The second kappa shape index (κ2) is 8.67. The Morgan fingerprint density at radius 2 is 1.91 bits per heavy atom. The third kappa shape index (κ3) is 4.12. The second-order valence-electron chi connectivity index (χ2n) is 8.04. The zero-order valence-corrected chi connectivity index (χ0v) is 18.0. The van der Waals surface area contributed by atoms with Gasteiger partial charge < -0.3 is 14.8 Å². The number of pyridine rings is 1. The van der Waals surface area contributed by atoms with Crippen molar-refractivity contribution in [1.29, 1.82) is 0 Å². The molecule has 4 aromatic rings. The van der Waals surface area contributed by atoms with Gasteiger partial charge in [0.15, 0.2) is 0 Å². The Balaban J connectivity index is 1.22. The molecule has 0 saturated heterocycles. The summed E-state index contributed by atoms with van der Waals surface area (Å²) in [5, 5.41) is 3.35. The maximum Gasteiger partial charge on any atom is 0.259 e. The molecule has 1 aliphatic rings. The number of benzene rings is 2. The number of anilines is 2. The standard InChI is InChI=1S/C26H25N5O/c1-19-27-12-14-30(19)18-21-6-4-5-20(15-21)16-28-25-10-9-23(17-29-25)26(32)31-13-11-22-7-2-3-8-24(22)31/h2-10,12,14-15,17H,11,13,16,18H2,1H3,(H,28,29). The minimum atomic E-state index is -0.00324. The summed E-state index contributed by atoms with van der Waals surface area (Å²) in [7, 11) is 0. The molecular weight excluding hydrogens is 398 g/mol. The van der Waals surface area contributed by atoms with Crippen molar-refractivity contribution in [3.8, 4) is 0 Å². The van der Waals surface area contributed by atoms with Gasteiger partial charge >= 0.3 is 0 Å². The molecule has 160 valence electrons. The number of aromatic nitrogens is 3. The SMILES string of the molecule is Cc1nccn1Cc1cccc(CNc2ccc(C(=O)N3CCc4ccccc43)cn2)c1. The predicted molar refractivity (Wildman–Crippen MR) is 126 cm³/mol. The van der Waals surface area contributed by atoms with Gasteiger partial charge in [0.25, 0.3) is 5.91 Å². The molecule has 3 heterocycles. The van der Waals surface area contributed by atoms with E-state index in [1.54, 1.807) is 6.20 Å². The number of nitrogens with one attached hydrogen (secondary N) is 1. The highest BCUT2D eigenvalue weighted by molar-refractivity contribution is 6.07. The molecule has 1 aliphatic heterocycles. The first-order valence-corrected chi connectivity index (χ1v) is 10.8. The van der Waals surface area contributed by atoms with Crippen LogP contribution in [0.3, 0.4) is 0 Å². The van der Waals surface area contributed by atoms with Gasteiger partial charge in [-0.15, -0.1) is 0 Å². The summed E-state index contributed by atoms with van der Waals surface area (Å²) in [6.07, 6.45) is 6.37. The number of carbonyl (C=O) groups excluding carboxylic acids is 1. The van der Waals surface area contributed by atoms with Gasteiger partial charge in [0.2, 0.25) is 0 Å². The van der Waals surface area contributed by atoms with Crippen molar-refractivity contribution in [3.63, 3.8) is 0 Å². The van der Waals surface area contributed by atoms with E-state index in [1.807, 2.05) is 54.5 Å². The summed E-state index contributed by atoms with van der Waals surface area (Å²) < 4.78 is 2.13. The summed E-state index contributed by atoms with van der Waals surface area (Å²) in [6, 6.07) is 20.3. The maximum absolute atomic E-state index is 13.0. The minimum Gasteiger partial charge on any atom is -0.366 e. The molecule has 0 saturated carbocycles. The number of hydrogen-bond acceptors (Lipinski definition) is 4. The Hall–Kier alpha value is -3.93. The molecule has 32 heavy (non-hydrogen) atoms. The molecule has 0 fully saturated rings. The molecule has 0 aliphatic carbocycles. The van der Waals surface area contributed by atoms with E-state index in [0.717, 1.165) is 30.3 Å². The van der Waals surface area contributed by atoms with Crippen LogP contribution in [-0.2, 0) is 19.5 Å². The van der Waals surface area contributed by atoms with Crippen LogP contribution < -0.4 is 10.2 Å². The first kappa shape index (κ1) is 20.0. The fraction of sp³-hybridized carbons (Fsp3) is 0.192. The van der Waals surface area contributed by atoms with E-state index in [0.29, 0.717) is 18.7 Å². The van der Waals surface area contributed by atoms with Crippen molar-refractivity contribution >= 4 is 17.4 Å². The van der Waals surface area contributed by atoms with Crippen LogP contribution in [0, 0.1) is 6.92 Å². The van der Waals surface area contributed by atoms with Crippen LogP contribution in [0.5, 0.6) is 0 Å². The monoisotopic (exact) mass is 423 g/mol. The van der Waals surface area contributed by atoms with E-state index in [2.05, 4.69) is 50.2 Å². The quantitative estimate of drug-likeness (QED) is 0.498. The molecule has 0 spiro atoms. The number of carbonyl (C=O) groups is 1. The fourth-order valence-corrected chi connectivity index (χ4v) is 4.13. The van der Waals surface area contributed by atoms with Gasteiger partial charge in [-0.3, -0.25) is 4.79 Å². The Morgan fingerprint density at radius 3 is 2.72 bits per heavy atom. The van der Waals surface area contributed by atoms with E-state index < -0.39 is 0 Å². The molecule has 2 aromatic heterocycles. The van der Waals surface area contributed by atoms with Crippen molar-refractivity contribution < 1.29 is 4.79 Å². The van der Waals surface area contributed by atoms with E-state index in [-0.39, 0.29) is 5.91 Å². The summed E-state index contributed by atoms with van der Waals surface area (Å²) in [4.78, 5) is 23.5. The number of fused-ring (bicyclic) bond motifs is 1. The van der Waals surface area contributed by atoms with Crippen LogP contribution in [0.25, 0.3) is 0 Å². The smallest absolute Gasteiger partial charge is 0.259 e. The van der Waals surface area contributed by atoms with Gasteiger partial charge in [0, 0.05) is 43.9 Å². The number of para-hydroxylation sites is 1. The van der Waals surface area contributed by atoms with E-state index in [1.165, 1.54) is 16.7 Å². The lowest BCUT2D eigenvalue weighted by atomic mass is 10.1. The van der Waals surface area contributed by atoms with Crippen molar-refractivity contribution in [2.24, 2.45) is 0 Å². The van der Waals surface area contributed by atoms with Crippen LogP contribution in [0.15, 0.2) is 79.3 Å². The van der Waals surface area contributed by atoms with E-state index >= 15 is 0 Å². The van der Waals surface area contributed by atoms with Gasteiger partial charge in [-0.05, 0) is 48.2 Å². The Kier molecular flexibility index (Phi) is 5.42. The molecular formula is C26H25N5O. The molecule has 1 amide bonds. The lowest BCUT2D eigenvalue weighted by molar-refractivity contribution is 0.0989. The first-order chi connectivity index (χ1) is 15.7. The average molecular weight is 424 g/mol. The molecule has 0 bridgehead atoms. The highest BCUT2D eigenvalue weighted by Crippen LogP contribution is 2.28. The predicted octanol–water partition coefficient (Wildman–Crippen LogP) is 4.45. The highest BCUT2D eigenvalue weighted by Gasteiger charge is 2.25. The van der Waals surface area contributed by atoms with Gasteiger partial charge in [-0.25, -0.2) is 9.97 Å². The highest BCUT2D eigenvalue weighted by atomic mass is 16.2. The van der Waals surface area contributed by atoms with Gasteiger partial charge in [0.05, 0.1) is 5.56 Å². The average Bonchev–Trinajstić information content (AvgIpc) is 3.44. The normalized spacial score (nSPS) is 12.6. The fourth-order valence-electron chi connectivity index (χ4n) is 4.13. The van der Waals surface area contributed by atoms with E-state index in [4.69, 9.17) is 0 Å². The number of aryl methyl sites for hydroxylation is 1. The third-order valence-electron chi connectivity index (χ3n) is 5.88. The Bertz CT molecular complexity index is 1250. The van der Waals surface area contributed by atoms with Gasteiger partial charge in [-0.1, -0.05) is 42.5 Å². The van der Waals surface area contributed by atoms with Crippen molar-refractivity contribution in [3.05, 3.63) is 107 Å². The van der Waals surface area contributed by atoms with Crippen LogP contribution in [0.2, 0.25) is 0 Å². The number of amides is 1. The van der Waals surface area contributed by atoms with Crippen molar-refractivity contribution in [1.82, 2.24) is 14.5 Å². The molecule has 6 heteroatoms. The largest absolute Gasteiger partial charge is 0.366 e.